The van der Waals surface area contributed by atoms with Gasteiger partial charge in [0.1, 0.15) is 23.0 Å². The number of para-hydroxylation sites is 4. The largest absolute Gasteiger partial charge is 0.457 e. The molecule has 0 saturated heterocycles. The van der Waals surface area contributed by atoms with Crippen molar-refractivity contribution in [3.8, 4) is 56.4 Å². The van der Waals surface area contributed by atoms with Crippen molar-refractivity contribution in [1.82, 2.24) is 0 Å². The maximum atomic E-state index is 6.73. The van der Waals surface area contributed by atoms with Crippen molar-refractivity contribution in [2.45, 2.75) is 10.8 Å². The van der Waals surface area contributed by atoms with Crippen LogP contribution in [-0.4, -0.2) is 0 Å². The van der Waals surface area contributed by atoms with E-state index in [0.29, 0.717) is 0 Å². The summed E-state index contributed by atoms with van der Waals surface area (Å²) in [4.78, 5) is 2.55. The van der Waals surface area contributed by atoms with Gasteiger partial charge in [0, 0.05) is 39.1 Å². The van der Waals surface area contributed by atoms with Crippen molar-refractivity contribution in [3.63, 3.8) is 0 Å². The summed E-state index contributed by atoms with van der Waals surface area (Å²) in [7, 11) is 0. The van der Waals surface area contributed by atoms with E-state index < -0.39 is 10.8 Å². The van der Waals surface area contributed by atoms with Crippen molar-refractivity contribution in [2.75, 3.05) is 4.90 Å². The summed E-state index contributed by atoms with van der Waals surface area (Å²) in [5.74, 6) is 3.52. The van der Waals surface area contributed by atoms with Crippen LogP contribution in [0.1, 0.15) is 44.5 Å². The highest BCUT2D eigenvalue weighted by molar-refractivity contribution is 6.03. The van der Waals surface area contributed by atoms with E-state index in [9.17, 15) is 0 Å². The third-order valence-electron chi connectivity index (χ3n) is 14.4. The SMILES string of the molecule is c1ccc(-c2cccc(N(c3cccc4c3-c3ccccc3C43c4ccccc4Oc4ccccc43)c3cccc4c3-c3ccccc3C43c4ccccc4Oc4ccccc43)c2)cc1. The van der Waals surface area contributed by atoms with Gasteiger partial charge in [-0.25, -0.2) is 0 Å². The Kier molecular flexibility index (Phi) is 7.53. The summed E-state index contributed by atoms with van der Waals surface area (Å²) in [6.07, 6.45) is 0. The molecule has 3 heteroatoms. The zero-order valence-corrected chi connectivity index (χ0v) is 35.3. The average Bonchev–Trinajstić information content (AvgIpc) is 3.84. The van der Waals surface area contributed by atoms with E-state index in [1.54, 1.807) is 0 Å². The molecule has 2 aliphatic carbocycles. The quantitative estimate of drug-likeness (QED) is 0.176. The van der Waals surface area contributed by atoms with Crippen molar-refractivity contribution >= 4 is 17.1 Å². The molecule has 304 valence electrons. The molecule has 0 atom stereocenters. The van der Waals surface area contributed by atoms with E-state index in [4.69, 9.17) is 9.47 Å². The predicted molar refractivity (Wildman–Crippen MR) is 261 cm³/mol. The van der Waals surface area contributed by atoms with E-state index in [0.717, 1.165) is 67.9 Å². The Labute approximate surface area is 378 Å². The number of hydrogen-bond acceptors (Lipinski definition) is 3. The molecule has 2 aliphatic heterocycles. The molecular weight excluding hydrogens is 791 g/mol. The van der Waals surface area contributed by atoms with Crippen molar-refractivity contribution in [1.29, 1.82) is 0 Å². The molecule has 0 fully saturated rings. The summed E-state index contributed by atoms with van der Waals surface area (Å²) in [6, 6.07) is 86.2. The lowest BCUT2D eigenvalue weighted by Crippen LogP contribution is -2.32. The van der Waals surface area contributed by atoms with Crippen molar-refractivity contribution < 1.29 is 9.47 Å². The normalized spacial score (nSPS) is 14.3. The third-order valence-corrected chi connectivity index (χ3v) is 14.4. The lowest BCUT2D eigenvalue weighted by Gasteiger charge is -2.40. The average molecular weight is 830 g/mol. The molecule has 0 saturated carbocycles. The van der Waals surface area contributed by atoms with Gasteiger partial charge in [0.2, 0.25) is 0 Å². The van der Waals surface area contributed by atoms with Gasteiger partial charge in [0.05, 0.1) is 22.2 Å². The van der Waals surface area contributed by atoms with E-state index in [-0.39, 0.29) is 0 Å². The molecule has 2 heterocycles. The van der Waals surface area contributed by atoms with Crippen LogP contribution in [0.4, 0.5) is 17.1 Å². The molecule has 10 aromatic carbocycles. The Balaban J connectivity index is 1.11. The number of ether oxygens (including phenoxy) is 2. The molecule has 3 nitrogen and oxygen atoms in total. The van der Waals surface area contributed by atoms with Crippen LogP contribution in [0, 0.1) is 0 Å². The van der Waals surface area contributed by atoms with Gasteiger partial charge in [-0.3, -0.25) is 0 Å². The minimum absolute atomic E-state index is 0.615. The first-order chi connectivity index (χ1) is 32.3. The van der Waals surface area contributed by atoms with Gasteiger partial charge >= 0.3 is 0 Å². The lowest BCUT2D eigenvalue weighted by atomic mass is 9.66. The van der Waals surface area contributed by atoms with E-state index >= 15 is 0 Å². The smallest absolute Gasteiger partial charge is 0.132 e. The van der Waals surface area contributed by atoms with Gasteiger partial charge in [0.25, 0.3) is 0 Å². The molecule has 4 aliphatic rings. The number of nitrogens with zero attached hydrogens (tertiary/aromatic N) is 1. The third kappa shape index (κ3) is 4.74. The molecule has 0 amide bonds. The fourth-order valence-electron chi connectivity index (χ4n) is 12.0. The number of hydrogen-bond donors (Lipinski definition) is 0. The van der Waals surface area contributed by atoms with Crippen LogP contribution in [0.3, 0.4) is 0 Å². The molecule has 0 bridgehead atoms. The number of fused-ring (bicyclic) bond motifs is 18. The highest BCUT2D eigenvalue weighted by Gasteiger charge is 2.54. The molecule has 0 unspecified atom stereocenters. The van der Waals surface area contributed by atoms with Gasteiger partial charge in [-0.2, -0.15) is 0 Å². The van der Waals surface area contributed by atoms with Gasteiger partial charge in [-0.1, -0.05) is 188 Å². The Morgan fingerprint density at radius 1 is 0.277 bits per heavy atom. The molecule has 0 N–H and O–H groups in total. The molecule has 65 heavy (non-hydrogen) atoms. The van der Waals surface area contributed by atoms with E-state index in [1.165, 1.54) is 50.1 Å². The Morgan fingerprint density at radius 3 is 1.09 bits per heavy atom. The zero-order valence-electron chi connectivity index (χ0n) is 35.3. The monoisotopic (exact) mass is 829 g/mol. The first-order valence-electron chi connectivity index (χ1n) is 22.4. The Bertz CT molecular complexity index is 3300. The Morgan fingerprint density at radius 2 is 0.631 bits per heavy atom. The molecule has 0 aromatic heterocycles. The van der Waals surface area contributed by atoms with E-state index in [2.05, 4.69) is 241 Å². The molecule has 0 radical (unpaired) electrons. The number of anilines is 3. The molecule has 14 rings (SSSR count). The second kappa shape index (κ2) is 13.6. The fourth-order valence-corrected chi connectivity index (χ4v) is 12.0. The van der Waals surface area contributed by atoms with Gasteiger partial charge in [0.15, 0.2) is 0 Å². The topological polar surface area (TPSA) is 21.7 Å². The first kappa shape index (κ1) is 36.1. The van der Waals surface area contributed by atoms with Crippen LogP contribution in [-0.2, 0) is 10.8 Å². The minimum Gasteiger partial charge on any atom is -0.457 e. The van der Waals surface area contributed by atoms with Crippen molar-refractivity contribution in [3.05, 3.63) is 281 Å². The summed E-state index contributed by atoms with van der Waals surface area (Å²) in [5, 5.41) is 0. The fraction of sp³-hybridized carbons (Fsp3) is 0.0323. The molecule has 10 aromatic rings. The second-order valence-corrected chi connectivity index (χ2v) is 17.4. The predicted octanol–water partition coefficient (Wildman–Crippen LogP) is 15.8. The van der Waals surface area contributed by atoms with Crippen LogP contribution < -0.4 is 14.4 Å². The van der Waals surface area contributed by atoms with E-state index in [1.807, 2.05) is 0 Å². The highest BCUT2D eigenvalue weighted by Crippen LogP contribution is 2.67. The first-order valence-corrected chi connectivity index (χ1v) is 22.4. The van der Waals surface area contributed by atoms with Crippen LogP contribution >= 0.6 is 0 Å². The van der Waals surface area contributed by atoms with Gasteiger partial charge < -0.3 is 14.4 Å². The second-order valence-electron chi connectivity index (χ2n) is 17.4. The number of benzene rings is 10. The van der Waals surface area contributed by atoms with Gasteiger partial charge in [-0.15, -0.1) is 0 Å². The van der Waals surface area contributed by atoms with Crippen LogP contribution in [0.15, 0.2) is 237 Å². The summed E-state index contributed by atoms with van der Waals surface area (Å²) in [6.45, 7) is 0. The Hall–Kier alpha value is -8.40. The van der Waals surface area contributed by atoms with Crippen LogP contribution in [0.2, 0.25) is 0 Å². The standard InChI is InChI=1S/C62H39NO2/c1-2-19-40(20-3-1)41-21-16-22-42(39-41)63(53-33-17-31-51-59(53)43-23-4-6-25-45(43)61(51)47-27-8-12-35-55(47)64-56-36-13-9-28-48(56)61)54-34-18-32-52-60(54)44-24-5-7-26-46(44)62(52)49-29-10-14-37-57(49)65-58-38-15-11-30-50(58)62/h1-39H. The molecular formula is C62H39NO2. The summed E-state index contributed by atoms with van der Waals surface area (Å²) in [5.41, 5.74) is 18.8. The minimum atomic E-state index is -0.615. The maximum absolute atomic E-state index is 6.73. The van der Waals surface area contributed by atoms with Crippen LogP contribution in [0.25, 0.3) is 33.4 Å². The molecule has 2 spiro atoms. The summed E-state index contributed by atoms with van der Waals surface area (Å²) >= 11 is 0. The summed E-state index contributed by atoms with van der Waals surface area (Å²) < 4.78 is 13.5. The zero-order chi connectivity index (χ0) is 42.7. The number of rotatable bonds is 4. The highest BCUT2D eigenvalue weighted by atomic mass is 16.5. The van der Waals surface area contributed by atoms with Crippen molar-refractivity contribution in [2.24, 2.45) is 0 Å². The van der Waals surface area contributed by atoms with Crippen LogP contribution in [0.5, 0.6) is 23.0 Å². The van der Waals surface area contributed by atoms with Gasteiger partial charge in [-0.05, 0) is 93.0 Å². The lowest BCUT2D eigenvalue weighted by molar-refractivity contribution is 0.436. The maximum Gasteiger partial charge on any atom is 0.132 e.